The van der Waals surface area contributed by atoms with Gasteiger partial charge < -0.3 is 9.42 Å². The van der Waals surface area contributed by atoms with Crippen LogP contribution in [0.5, 0.6) is 0 Å². The number of nitrogens with zero attached hydrogens (tertiary/aromatic N) is 5. The topological polar surface area (TPSA) is 48.6 Å². The van der Waals surface area contributed by atoms with Crippen molar-refractivity contribution in [3.8, 4) is 0 Å². The van der Waals surface area contributed by atoms with Crippen LogP contribution in [0.4, 0.5) is 5.82 Å². The molecule has 0 aromatic carbocycles. The van der Waals surface area contributed by atoms with Crippen molar-refractivity contribution in [2.24, 2.45) is 5.92 Å². The van der Waals surface area contributed by atoms with Gasteiger partial charge in [-0.05, 0) is 51.3 Å². The molecular formula is C21H31N5O. The maximum atomic E-state index is 5.34. The van der Waals surface area contributed by atoms with Gasteiger partial charge in [0.1, 0.15) is 11.6 Å². The van der Waals surface area contributed by atoms with Crippen LogP contribution in [0.3, 0.4) is 0 Å². The summed E-state index contributed by atoms with van der Waals surface area (Å²) in [6.07, 6.45) is 4.53. The Morgan fingerprint density at radius 2 is 1.93 bits per heavy atom. The van der Waals surface area contributed by atoms with E-state index < -0.39 is 0 Å². The Morgan fingerprint density at radius 3 is 2.63 bits per heavy atom. The number of rotatable bonds is 5. The van der Waals surface area contributed by atoms with E-state index in [1.165, 1.54) is 38.0 Å². The first-order chi connectivity index (χ1) is 13.2. The SMILES string of the molecule is Cc1noc(C)c1CN1CCCC(CN2CCN(c3ccccn3)CC2)C1. The van der Waals surface area contributed by atoms with Gasteiger partial charge >= 0.3 is 0 Å². The van der Waals surface area contributed by atoms with Crippen molar-refractivity contribution in [2.45, 2.75) is 33.2 Å². The Morgan fingerprint density at radius 1 is 1.07 bits per heavy atom. The molecule has 0 aliphatic carbocycles. The highest BCUT2D eigenvalue weighted by atomic mass is 16.5. The van der Waals surface area contributed by atoms with E-state index in [2.05, 4.69) is 37.0 Å². The van der Waals surface area contributed by atoms with E-state index >= 15 is 0 Å². The van der Waals surface area contributed by atoms with Gasteiger partial charge in [0.2, 0.25) is 0 Å². The number of piperidine rings is 1. The molecule has 4 rings (SSSR count). The molecule has 27 heavy (non-hydrogen) atoms. The molecule has 0 radical (unpaired) electrons. The third-order valence-electron chi connectivity index (χ3n) is 6.03. The minimum Gasteiger partial charge on any atom is -0.361 e. The highest BCUT2D eigenvalue weighted by molar-refractivity contribution is 5.38. The molecule has 1 atom stereocenters. The lowest BCUT2D eigenvalue weighted by Gasteiger charge is -2.39. The summed E-state index contributed by atoms with van der Waals surface area (Å²) in [7, 11) is 0. The van der Waals surface area contributed by atoms with Crippen LogP contribution < -0.4 is 4.90 Å². The lowest BCUT2D eigenvalue weighted by Crippen LogP contribution is -2.49. The molecule has 0 saturated carbocycles. The number of piperazine rings is 1. The van der Waals surface area contributed by atoms with Crippen LogP contribution in [-0.4, -0.2) is 65.8 Å². The molecular weight excluding hydrogens is 338 g/mol. The van der Waals surface area contributed by atoms with Gasteiger partial charge in [0.05, 0.1) is 5.69 Å². The first-order valence-electron chi connectivity index (χ1n) is 10.2. The third kappa shape index (κ3) is 4.50. The first-order valence-corrected chi connectivity index (χ1v) is 10.2. The Labute approximate surface area is 162 Å². The van der Waals surface area contributed by atoms with Gasteiger partial charge in [0, 0.05) is 57.6 Å². The van der Waals surface area contributed by atoms with Crippen molar-refractivity contribution >= 4 is 5.82 Å². The summed E-state index contributed by atoms with van der Waals surface area (Å²) in [5.74, 6) is 2.85. The van der Waals surface area contributed by atoms with E-state index in [9.17, 15) is 0 Å². The van der Waals surface area contributed by atoms with Crippen LogP contribution in [0, 0.1) is 19.8 Å². The van der Waals surface area contributed by atoms with Crippen LogP contribution in [0.25, 0.3) is 0 Å². The fourth-order valence-electron chi connectivity index (χ4n) is 4.46. The quantitative estimate of drug-likeness (QED) is 0.808. The van der Waals surface area contributed by atoms with Crippen LogP contribution in [0.15, 0.2) is 28.9 Å². The molecule has 4 heterocycles. The lowest BCUT2D eigenvalue weighted by atomic mass is 9.96. The molecule has 2 fully saturated rings. The normalized spacial score (nSPS) is 22.3. The zero-order valence-corrected chi connectivity index (χ0v) is 16.6. The van der Waals surface area contributed by atoms with E-state index in [0.29, 0.717) is 0 Å². The number of anilines is 1. The summed E-state index contributed by atoms with van der Waals surface area (Å²) in [5, 5.41) is 4.11. The van der Waals surface area contributed by atoms with Crippen molar-refractivity contribution in [3.63, 3.8) is 0 Å². The second-order valence-electron chi connectivity index (χ2n) is 8.02. The predicted molar refractivity (Wildman–Crippen MR) is 107 cm³/mol. The van der Waals surface area contributed by atoms with Gasteiger partial charge in [-0.2, -0.15) is 0 Å². The Bertz CT molecular complexity index is 704. The van der Waals surface area contributed by atoms with E-state index in [1.54, 1.807) is 0 Å². The largest absolute Gasteiger partial charge is 0.361 e. The average molecular weight is 370 g/mol. The summed E-state index contributed by atoms with van der Waals surface area (Å²) >= 11 is 0. The molecule has 2 aliphatic rings. The maximum absolute atomic E-state index is 5.34. The van der Waals surface area contributed by atoms with Gasteiger partial charge in [-0.25, -0.2) is 4.98 Å². The summed E-state index contributed by atoms with van der Waals surface area (Å²) in [5.41, 5.74) is 2.32. The molecule has 6 nitrogen and oxygen atoms in total. The van der Waals surface area contributed by atoms with Crippen molar-refractivity contribution in [1.29, 1.82) is 0 Å². The predicted octanol–water partition coefficient (Wildman–Crippen LogP) is 2.72. The molecule has 0 bridgehead atoms. The first kappa shape index (κ1) is 18.4. The van der Waals surface area contributed by atoms with Gasteiger partial charge in [-0.3, -0.25) is 9.80 Å². The van der Waals surface area contributed by atoms with Crippen molar-refractivity contribution in [2.75, 3.05) is 50.7 Å². The summed E-state index contributed by atoms with van der Waals surface area (Å²) in [4.78, 5) is 12.1. The van der Waals surface area contributed by atoms with Gasteiger partial charge in [0.15, 0.2) is 0 Å². The van der Waals surface area contributed by atoms with Crippen LogP contribution in [0.2, 0.25) is 0 Å². The number of hydrogen-bond acceptors (Lipinski definition) is 6. The Hall–Kier alpha value is -1.92. The molecule has 2 aliphatic heterocycles. The molecule has 2 saturated heterocycles. The summed E-state index contributed by atoms with van der Waals surface area (Å²) in [6, 6.07) is 6.17. The Kier molecular flexibility index (Phi) is 5.74. The van der Waals surface area contributed by atoms with Gasteiger partial charge in [-0.15, -0.1) is 0 Å². The molecule has 1 unspecified atom stereocenters. The molecule has 2 aromatic rings. The molecule has 0 N–H and O–H groups in total. The zero-order valence-electron chi connectivity index (χ0n) is 16.6. The monoisotopic (exact) mass is 369 g/mol. The zero-order chi connectivity index (χ0) is 18.6. The van der Waals surface area contributed by atoms with E-state index in [1.807, 2.05) is 26.1 Å². The fraction of sp³-hybridized carbons (Fsp3) is 0.619. The summed E-state index contributed by atoms with van der Waals surface area (Å²) < 4.78 is 5.34. The van der Waals surface area contributed by atoms with Crippen LogP contribution >= 0.6 is 0 Å². The van der Waals surface area contributed by atoms with Crippen LogP contribution in [-0.2, 0) is 6.54 Å². The number of hydrogen-bond donors (Lipinski definition) is 0. The number of aryl methyl sites for hydroxylation is 2. The third-order valence-corrected chi connectivity index (χ3v) is 6.03. The van der Waals surface area contributed by atoms with Crippen LogP contribution in [0.1, 0.15) is 29.9 Å². The van der Waals surface area contributed by atoms with Crippen molar-refractivity contribution in [3.05, 3.63) is 41.4 Å². The molecule has 0 amide bonds. The fourth-order valence-corrected chi connectivity index (χ4v) is 4.46. The lowest BCUT2D eigenvalue weighted by molar-refractivity contribution is 0.124. The minimum atomic E-state index is 0.764. The second kappa shape index (κ2) is 8.40. The van der Waals surface area contributed by atoms with E-state index in [4.69, 9.17) is 4.52 Å². The number of pyridine rings is 1. The number of likely N-dealkylation sites (tertiary alicyclic amines) is 1. The standard InChI is InChI=1S/C21H31N5O/c1-17-20(18(2)27-23-17)16-25-9-5-6-19(15-25)14-24-10-12-26(13-11-24)21-7-3-4-8-22-21/h3-4,7-8,19H,5-6,9-16H2,1-2H3. The molecule has 6 heteroatoms. The summed E-state index contributed by atoms with van der Waals surface area (Å²) in [6.45, 7) is 13.1. The van der Waals surface area contributed by atoms with E-state index in [-0.39, 0.29) is 0 Å². The average Bonchev–Trinajstić information content (AvgIpc) is 3.02. The number of aromatic nitrogens is 2. The Balaban J connectivity index is 1.26. The molecule has 0 spiro atoms. The van der Waals surface area contributed by atoms with Crippen molar-refractivity contribution in [1.82, 2.24) is 19.9 Å². The van der Waals surface area contributed by atoms with E-state index in [0.717, 1.165) is 55.9 Å². The maximum Gasteiger partial charge on any atom is 0.138 e. The minimum absolute atomic E-state index is 0.764. The molecule has 2 aromatic heterocycles. The van der Waals surface area contributed by atoms with Gasteiger partial charge in [-0.1, -0.05) is 11.2 Å². The highest BCUT2D eigenvalue weighted by Crippen LogP contribution is 2.23. The second-order valence-corrected chi connectivity index (χ2v) is 8.02. The van der Waals surface area contributed by atoms with Gasteiger partial charge in [0.25, 0.3) is 0 Å². The highest BCUT2D eigenvalue weighted by Gasteiger charge is 2.25. The molecule has 146 valence electrons. The van der Waals surface area contributed by atoms with Crippen molar-refractivity contribution < 1.29 is 4.52 Å². The smallest absolute Gasteiger partial charge is 0.138 e.